The molecular formula is C20H21ClN2O4S. The average Bonchev–Trinajstić information content (AvgIpc) is 3.07. The largest absolute Gasteiger partial charge is 0.480 e. The number of carbonyl (C=O) groups is 2. The number of hydrogen-bond acceptors (Lipinski definition) is 5. The van der Waals surface area contributed by atoms with E-state index in [4.69, 9.17) is 27.5 Å². The summed E-state index contributed by atoms with van der Waals surface area (Å²) >= 11 is 7.28. The summed E-state index contributed by atoms with van der Waals surface area (Å²) in [4.78, 5) is 21.1. The van der Waals surface area contributed by atoms with Crippen LogP contribution in [0.1, 0.15) is 12.5 Å². The van der Waals surface area contributed by atoms with Crippen molar-refractivity contribution in [3.63, 3.8) is 0 Å². The van der Waals surface area contributed by atoms with E-state index in [0.29, 0.717) is 11.4 Å². The lowest BCUT2D eigenvalue weighted by molar-refractivity contribution is -0.139. The number of benzene rings is 2. The minimum absolute atomic E-state index is 0.326. The number of carboxylic acid groups (broad SMARTS) is 2. The van der Waals surface area contributed by atoms with Crippen LogP contribution in [0.2, 0.25) is 5.02 Å². The molecule has 0 unspecified atom stereocenters. The first kappa shape index (κ1) is 21.7. The maximum Gasteiger partial charge on any atom is 0.325 e. The van der Waals surface area contributed by atoms with E-state index >= 15 is 0 Å². The molecular weight excluding hydrogens is 400 g/mol. The number of aliphatic carboxylic acids is 2. The quantitative estimate of drug-likeness (QED) is 0.478. The molecule has 0 aliphatic heterocycles. The molecule has 0 bridgehead atoms. The fraction of sp³-hybridized carbons (Fsp3) is 0.200. The number of nitrogens with one attached hydrogen (secondary N) is 1. The molecule has 1 aromatic heterocycles. The molecule has 0 aliphatic carbocycles. The van der Waals surface area contributed by atoms with Crippen molar-refractivity contribution in [2.45, 2.75) is 25.4 Å². The highest BCUT2D eigenvalue weighted by Crippen LogP contribution is 2.30. The Labute approximate surface area is 171 Å². The second-order valence-corrected chi connectivity index (χ2v) is 7.47. The van der Waals surface area contributed by atoms with Crippen LogP contribution >= 0.6 is 22.9 Å². The Hall–Kier alpha value is -2.61. The maximum atomic E-state index is 10.7. The van der Waals surface area contributed by atoms with Crippen molar-refractivity contribution in [3.8, 4) is 0 Å². The third kappa shape index (κ3) is 6.23. The Bertz CT molecular complexity index is 943. The minimum atomic E-state index is -0.991. The monoisotopic (exact) mass is 420 g/mol. The SMILES string of the molecule is C[C@H](Nc1csc2ccccc12)C(=O)O.N[C@@H](Cc1ccc(Cl)cc1)C(=O)O. The number of thiophene rings is 1. The fourth-order valence-corrected chi connectivity index (χ4v) is 3.37. The van der Waals surface area contributed by atoms with Gasteiger partial charge in [0.15, 0.2) is 0 Å². The van der Waals surface area contributed by atoms with Gasteiger partial charge in [-0.1, -0.05) is 41.9 Å². The van der Waals surface area contributed by atoms with Gasteiger partial charge in [0.1, 0.15) is 12.1 Å². The smallest absolute Gasteiger partial charge is 0.325 e. The highest BCUT2D eigenvalue weighted by molar-refractivity contribution is 7.17. The van der Waals surface area contributed by atoms with E-state index in [-0.39, 0.29) is 0 Å². The zero-order valence-corrected chi connectivity index (χ0v) is 16.7. The summed E-state index contributed by atoms with van der Waals surface area (Å²) in [5, 5.41) is 24.0. The molecule has 1 heterocycles. The Balaban J connectivity index is 0.000000203. The molecule has 6 nitrogen and oxygen atoms in total. The number of fused-ring (bicyclic) bond motifs is 1. The molecule has 3 aromatic rings. The van der Waals surface area contributed by atoms with E-state index in [0.717, 1.165) is 21.3 Å². The van der Waals surface area contributed by atoms with Crippen LogP contribution in [0.4, 0.5) is 5.69 Å². The van der Waals surface area contributed by atoms with Gasteiger partial charge in [-0.05, 0) is 37.1 Å². The zero-order valence-electron chi connectivity index (χ0n) is 15.1. The molecule has 3 rings (SSSR count). The van der Waals surface area contributed by atoms with Crippen molar-refractivity contribution >= 4 is 50.6 Å². The summed E-state index contributed by atoms with van der Waals surface area (Å²) in [6.45, 7) is 1.63. The van der Waals surface area contributed by atoms with Gasteiger partial charge in [-0.3, -0.25) is 9.59 Å². The number of nitrogens with two attached hydrogens (primary N) is 1. The summed E-state index contributed by atoms with van der Waals surface area (Å²) in [5.74, 6) is -1.83. The molecule has 0 radical (unpaired) electrons. The van der Waals surface area contributed by atoms with E-state index in [1.54, 1.807) is 42.5 Å². The molecule has 0 saturated carbocycles. The van der Waals surface area contributed by atoms with Crippen molar-refractivity contribution in [1.82, 2.24) is 0 Å². The second-order valence-electron chi connectivity index (χ2n) is 6.13. The van der Waals surface area contributed by atoms with Crippen molar-refractivity contribution in [2.75, 3.05) is 5.32 Å². The zero-order chi connectivity index (χ0) is 20.7. The van der Waals surface area contributed by atoms with E-state index < -0.39 is 24.0 Å². The number of carboxylic acids is 2. The summed E-state index contributed by atoms with van der Waals surface area (Å²) in [5.41, 5.74) is 7.12. The van der Waals surface area contributed by atoms with E-state index in [2.05, 4.69) is 5.32 Å². The summed E-state index contributed by atoms with van der Waals surface area (Å²) in [7, 11) is 0. The van der Waals surface area contributed by atoms with Crippen LogP contribution in [0.25, 0.3) is 10.1 Å². The summed E-state index contributed by atoms with van der Waals surface area (Å²) < 4.78 is 1.16. The van der Waals surface area contributed by atoms with Crippen LogP contribution in [0.5, 0.6) is 0 Å². The van der Waals surface area contributed by atoms with Crippen LogP contribution in [-0.4, -0.2) is 34.2 Å². The molecule has 0 saturated heterocycles. The summed E-state index contributed by atoms with van der Waals surface area (Å²) in [6.07, 6.45) is 0.326. The molecule has 0 aliphatic rings. The molecule has 0 spiro atoms. The molecule has 2 atom stereocenters. The van der Waals surface area contributed by atoms with Gasteiger partial charge in [0.05, 0.1) is 5.69 Å². The van der Waals surface area contributed by atoms with Gasteiger partial charge in [-0.15, -0.1) is 11.3 Å². The van der Waals surface area contributed by atoms with E-state index in [9.17, 15) is 9.59 Å². The van der Waals surface area contributed by atoms with Gasteiger partial charge in [0.2, 0.25) is 0 Å². The molecule has 0 fully saturated rings. The van der Waals surface area contributed by atoms with Crippen LogP contribution in [0, 0.1) is 0 Å². The predicted molar refractivity (Wildman–Crippen MR) is 113 cm³/mol. The third-order valence-electron chi connectivity index (χ3n) is 3.91. The Morgan fingerprint density at radius 2 is 1.75 bits per heavy atom. The fourth-order valence-electron chi connectivity index (χ4n) is 2.35. The van der Waals surface area contributed by atoms with E-state index in [1.807, 2.05) is 29.6 Å². The molecule has 148 valence electrons. The van der Waals surface area contributed by atoms with Crippen molar-refractivity contribution in [3.05, 3.63) is 64.5 Å². The number of rotatable bonds is 6. The van der Waals surface area contributed by atoms with Gasteiger partial charge in [0, 0.05) is 20.5 Å². The molecule has 2 aromatic carbocycles. The van der Waals surface area contributed by atoms with Gasteiger partial charge in [0.25, 0.3) is 0 Å². The van der Waals surface area contributed by atoms with Crippen LogP contribution in [-0.2, 0) is 16.0 Å². The predicted octanol–water partition coefficient (Wildman–Crippen LogP) is 4.08. The van der Waals surface area contributed by atoms with Gasteiger partial charge < -0.3 is 21.3 Å². The third-order valence-corrected chi connectivity index (χ3v) is 5.12. The van der Waals surface area contributed by atoms with Crippen molar-refractivity contribution < 1.29 is 19.8 Å². The molecule has 28 heavy (non-hydrogen) atoms. The number of halogens is 1. The standard InChI is InChI=1S/C11H11NO2S.C9H10ClNO2/c1-7(11(13)14)12-9-6-15-10-5-3-2-4-8(9)10;10-7-3-1-6(2-4-7)5-8(11)9(12)13/h2-7,12H,1H3,(H,13,14);1-4,8H,5,11H2,(H,12,13)/t7-;8-/m00/s1. The lowest BCUT2D eigenvalue weighted by atomic mass is 10.1. The highest BCUT2D eigenvalue weighted by atomic mass is 35.5. The average molecular weight is 421 g/mol. The van der Waals surface area contributed by atoms with Crippen LogP contribution in [0.3, 0.4) is 0 Å². The Morgan fingerprint density at radius 1 is 1.11 bits per heavy atom. The minimum Gasteiger partial charge on any atom is -0.480 e. The van der Waals surface area contributed by atoms with Crippen LogP contribution in [0.15, 0.2) is 53.9 Å². The van der Waals surface area contributed by atoms with Gasteiger partial charge in [-0.2, -0.15) is 0 Å². The first-order valence-electron chi connectivity index (χ1n) is 8.46. The highest BCUT2D eigenvalue weighted by Gasteiger charge is 2.12. The molecule has 0 amide bonds. The lowest BCUT2D eigenvalue weighted by Crippen LogP contribution is -2.32. The topological polar surface area (TPSA) is 113 Å². The van der Waals surface area contributed by atoms with Crippen molar-refractivity contribution in [1.29, 1.82) is 0 Å². The van der Waals surface area contributed by atoms with Gasteiger partial charge in [-0.25, -0.2) is 0 Å². The maximum absolute atomic E-state index is 10.7. The number of anilines is 1. The van der Waals surface area contributed by atoms with Crippen LogP contribution < -0.4 is 11.1 Å². The first-order chi connectivity index (χ1) is 13.3. The molecule has 5 N–H and O–H groups in total. The van der Waals surface area contributed by atoms with Crippen molar-refractivity contribution in [2.24, 2.45) is 5.73 Å². The normalized spacial score (nSPS) is 12.5. The van der Waals surface area contributed by atoms with Gasteiger partial charge >= 0.3 is 11.9 Å². The summed E-state index contributed by atoms with van der Waals surface area (Å²) in [6, 6.07) is 13.5. The Morgan fingerprint density at radius 3 is 2.36 bits per heavy atom. The van der Waals surface area contributed by atoms with E-state index in [1.165, 1.54) is 0 Å². The molecule has 8 heteroatoms. The first-order valence-corrected chi connectivity index (χ1v) is 9.72. The Kier molecular flexibility index (Phi) is 7.80. The number of hydrogen-bond donors (Lipinski definition) is 4. The second kappa shape index (κ2) is 10.1. The lowest BCUT2D eigenvalue weighted by Gasteiger charge is -2.09.